The summed E-state index contributed by atoms with van der Waals surface area (Å²) in [6, 6.07) is 13.7. The van der Waals surface area contributed by atoms with Crippen molar-refractivity contribution < 1.29 is 22.9 Å². The first-order valence-electron chi connectivity index (χ1n) is 10.8. The lowest BCUT2D eigenvalue weighted by atomic mass is 10.1. The molecule has 2 aromatic carbocycles. The summed E-state index contributed by atoms with van der Waals surface area (Å²) in [6.07, 6.45) is -4.84. The van der Waals surface area contributed by atoms with Crippen molar-refractivity contribution in [3.8, 4) is 11.4 Å². The molecule has 1 aliphatic heterocycles. The molecule has 4 rings (SSSR count). The first kappa shape index (κ1) is 25.3. The highest BCUT2D eigenvalue weighted by Crippen LogP contribution is 2.41. The topological polar surface area (TPSA) is 104 Å². The Kier molecular flexibility index (Phi) is 7.36. The lowest BCUT2D eigenvalue weighted by molar-refractivity contribution is -0.387. The van der Waals surface area contributed by atoms with Gasteiger partial charge in [-0.05, 0) is 12.1 Å². The standard InChI is InChI=1S/C23H20ClF3N6O3/c24-18-13-19(30-22(28-18)15-5-2-1-3-6-15)29-20(34)14-31-9-11-32(12-10-31)17-8-4-7-16(23(25,26)27)21(17)33(35)36/h1-8,13H,9-12,14H2,(H,28,29,30,34). The Balaban J connectivity index is 1.39. The number of alkyl halides is 3. The summed E-state index contributed by atoms with van der Waals surface area (Å²) in [6.45, 7) is 1.07. The van der Waals surface area contributed by atoms with Gasteiger partial charge in [0.15, 0.2) is 5.82 Å². The summed E-state index contributed by atoms with van der Waals surface area (Å²) in [5.41, 5.74) is -1.62. The number of rotatable bonds is 6. The molecule has 9 nitrogen and oxygen atoms in total. The monoisotopic (exact) mass is 520 g/mol. The third kappa shape index (κ3) is 5.89. The second kappa shape index (κ2) is 10.5. The van der Waals surface area contributed by atoms with Gasteiger partial charge >= 0.3 is 11.9 Å². The molecule has 0 saturated carbocycles. The number of hydrogen-bond acceptors (Lipinski definition) is 7. The van der Waals surface area contributed by atoms with E-state index in [1.807, 2.05) is 30.3 Å². The fourth-order valence-electron chi connectivity index (χ4n) is 3.94. The zero-order chi connectivity index (χ0) is 25.9. The lowest BCUT2D eigenvalue weighted by Crippen LogP contribution is -2.49. The second-order valence-corrected chi connectivity index (χ2v) is 8.39. The van der Waals surface area contributed by atoms with Crippen molar-refractivity contribution in [1.29, 1.82) is 0 Å². The quantitative estimate of drug-likeness (QED) is 0.290. The predicted molar refractivity (Wildman–Crippen MR) is 128 cm³/mol. The third-order valence-electron chi connectivity index (χ3n) is 5.58. The van der Waals surface area contributed by atoms with Crippen LogP contribution in [0.4, 0.5) is 30.4 Å². The Morgan fingerprint density at radius 3 is 2.39 bits per heavy atom. The number of nitrogens with one attached hydrogen (secondary N) is 1. The molecule has 1 amide bonds. The number of anilines is 2. The Morgan fingerprint density at radius 1 is 1.06 bits per heavy atom. The van der Waals surface area contributed by atoms with Crippen LogP contribution in [-0.4, -0.2) is 58.4 Å². The van der Waals surface area contributed by atoms with E-state index in [2.05, 4.69) is 15.3 Å². The van der Waals surface area contributed by atoms with Gasteiger partial charge in [-0.2, -0.15) is 13.2 Å². The number of nitro groups is 1. The number of nitrogens with zero attached hydrogens (tertiary/aromatic N) is 5. The molecule has 0 bridgehead atoms. The Bertz CT molecular complexity index is 1270. The highest BCUT2D eigenvalue weighted by Gasteiger charge is 2.41. The highest BCUT2D eigenvalue weighted by molar-refractivity contribution is 6.29. The summed E-state index contributed by atoms with van der Waals surface area (Å²) in [5, 5.41) is 14.3. The van der Waals surface area contributed by atoms with Gasteiger partial charge in [0.25, 0.3) is 0 Å². The van der Waals surface area contributed by atoms with Gasteiger partial charge in [0, 0.05) is 37.8 Å². The minimum atomic E-state index is -4.84. The van der Waals surface area contributed by atoms with Crippen LogP contribution in [0.5, 0.6) is 0 Å². The van der Waals surface area contributed by atoms with Crippen LogP contribution in [-0.2, 0) is 11.0 Å². The number of para-hydroxylation sites is 1. The first-order valence-corrected chi connectivity index (χ1v) is 11.2. The molecule has 0 radical (unpaired) electrons. The predicted octanol–water partition coefficient (Wildman–Crippen LogP) is 4.48. The van der Waals surface area contributed by atoms with Crippen molar-refractivity contribution >= 4 is 34.7 Å². The minimum absolute atomic E-state index is 0.000810. The molecule has 1 N–H and O–H groups in total. The molecule has 2 heterocycles. The van der Waals surface area contributed by atoms with Crippen molar-refractivity contribution in [3.63, 3.8) is 0 Å². The van der Waals surface area contributed by atoms with E-state index in [0.29, 0.717) is 25.0 Å². The molecule has 0 unspecified atom stereocenters. The number of piperazine rings is 1. The zero-order valence-electron chi connectivity index (χ0n) is 18.7. The fourth-order valence-corrected chi connectivity index (χ4v) is 4.12. The van der Waals surface area contributed by atoms with E-state index in [4.69, 9.17) is 11.6 Å². The number of halogens is 4. The Morgan fingerprint density at radius 2 is 1.75 bits per heavy atom. The number of carbonyl (C=O) groups excluding carboxylic acids is 1. The summed E-state index contributed by atoms with van der Waals surface area (Å²) in [7, 11) is 0. The van der Waals surface area contributed by atoms with E-state index < -0.39 is 22.4 Å². The number of hydrogen-bond donors (Lipinski definition) is 1. The van der Waals surface area contributed by atoms with Crippen molar-refractivity contribution in [2.24, 2.45) is 0 Å². The Labute approximate surface area is 208 Å². The molecular weight excluding hydrogens is 501 g/mol. The maximum atomic E-state index is 13.3. The van der Waals surface area contributed by atoms with Gasteiger partial charge in [-0.15, -0.1) is 0 Å². The van der Waals surface area contributed by atoms with Crippen LogP contribution in [0.15, 0.2) is 54.6 Å². The normalized spacial score (nSPS) is 14.5. The maximum Gasteiger partial charge on any atom is 0.423 e. The summed E-state index contributed by atoms with van der Waals surface area (Å²) in [5.74, 6) is 0.231. The number of amides is 1. The number of carbonyl (C=O) groups is 1. The lowest BCUT2D eigenvalue weighted by Gasteiger charge is -2.35. The second-order valence-electron chi connectivity index (χ2n) is 8.01. The van der Waals surface area contributed by atoms with Gasteiger partial charge in [-0.3, -0.25) is 19.8 Å². The molecular formula is C23H20ClF3N6O3. The van der Waals surface area contributed by atoms with Crippen molar-refractivity contribution in [2.75, 3.05) is 42.9 Å². The van der Waals surface area contributed by atoms with Crippen LogP contribution in [0.25, 0.3) is 11.4 Å². The molecule has 0 aliphatic carbocycles. The van der Waals surface area contributed by atoms with Gasteiger partial charge in [-0.1, -0.05) is 48.0 Å². The average molecular weight is 521 g/mol. The van der Waals surface area contributed by atoms with Gasteiger partial charge in [0.05, 0.1) is 11.5 Å². The zero-order valence-corrected chi connectivity index (χ0v) is 19.5. The van der Waals surface area contributed by atoms with E-state index >= 15 is 0 Å². The molecule has 0 atom stereocenters. The van der Waals surface area contributed by atoms with Crippen LogP contribution < -0.4 is 10.2 Å². The van der Waals surface area contributed by atoms with E-state index in [0.717, 1.165) is 11.6 Å². The van der Waals surface area contributed by atoms with Gasteiger partial charge in [-0.25, -0.2) is 9.97 Å². The van der Waals surface area contributed by atoms with Crippen LogP contribution >= 0.6 is 11.6 Å². The molecule has 1 aromatic heterocycles. The van der Waals surface area contributed by atoms with E-state index in [-0.39, 0.29) is 42.2 Å². The number of nitro benzene ring substituents is 1. The number of aromatic nitrogens is 2. The first-order chi connectivity index (χ1) is 17.1. The maximum absolute atomic E-state index is 13.3. The van der Waals surface area contributed by atoms with Crippen molar-refractivity contribution in [3.05, 3.63) is 75.4 Å². The summed E-state index contributed by atoms with van der Waals surface area (Å²) >= 11 is 6.09. The minimum Gasteiger partial charge on any atom is -0.363 e. The van der Waals surface area contributed by atoms with E-state index in [1.165, 1.54) is 17.0 Å². The third-order valence-corrected chi connectivity index (χ3v) is 5.77. The van der Waals surface area contributed by atoms with Crippen LogP contribution in [0.2, 0.25) is 5.15 Å². The largest absolute Gasteiger partial charge is 0.423 e. The fraction of sp³-hybridized carbons (Fsp3) is 0.261. The molecule has 3 aromatic rings. The molecule has 36 heavy (non-hydrogen) atoms. The average Bonchev–Trinajstić information content (AvgIpc) is 2.83. The molecule has 1 aliphatic rings. The summed E-state index contributed by atoms with van der Waals surface area (Å²) < 4.78 is 39.9. The van der Waals surface area contributed by atoms with Gasteiger partial charge in [0.2, 0.25) is 5.91 Å². The molecule has 1 saturated heterocycles. The van der Waals surface area contributed by atoms with Crippen molar-refractivity contribution in [1.82, 2.24) is 14.9 Å². The smallest absolute Gasteiger partial charge is 0.363 e. The van der Waals surface area contributed by atoms with Crippen LogP contribution in [0.1, 0.15) is 5.56 Å². The van der Waals surface area contributed by atoms with E-state index in [9.17, 15) is 28.1 Å². The highest BCUT2D eigenvalue weighted by atomic mass is 35.5. The van der Waals surface area contributed by atoms with Crippen molar-refractivity contribution in [2.45, 2.75) is 6.18 Å². The van der Waals surface area contributed by atoms with Crippen LogP contribution in [0, 0.1) is 10.1 Å². The van der Waals surface area contributed by atoms with E-state index in [1.54, 1.807) is 4.90 Å². The van der Waals surface area contributed by atoms with Gasteiger partial charge < -0.3 is 10.2 Å². The number of benzene rings is 2. The Hall–Kier alpha value is -3.77. The van der Waals surface area contributed by atoms with Crippen LogP contribution in [0.3, 0.4) is 0 Å². The molecule has 13 heteroatoms. The molecule has 0 spiro atoms. The molecule has 188 valence electrons. The summed E-state index contributed by atoms with van der Waals surface area (Å²) in [4.78, 5) is 34.9. The molecule has 1 fully saturated rings. The SMILES string of the molecule is O=C(CN1CCN(c2cccc(C(F)(F)F)c2[N+](=O)[O-])CC1)Nc1cc(Cl)nc(-c2ccccc2)n1. The van der Waals surface area contributed by atoms with Gasteiger partial charge in [0.1, 0.15) is 22.2 Å².